The molecule has 0 saturated carbocycles. The van der Waals surface area contributed by atoms with Crippen molar-refractivity contribution in [2.75, 3.05) is 20.1 Å². The molecule has 0 bridgehead atoms. The van der Waals surface area contributed by atoms with Crippen LogP contribution < -0.4 is 5.73 Å². The molecule has 0 aliphatic heterocycles. The predicted octanol–water partition coefficient (Wildman–Crippen LogP) is 1.66. The summed E-state index contributed by atoms with van der Waals surface area (Å²) in [4.78, 5) is 13.5. The van der Waals surface area contributed by atoms with E-state index in [9.17, 15) is 9.90 Å². The Labute approximate surface area is 108 Å². The summed E-state index contributed by atoms with van der Waals surface area (Å²) in [5.74, 6) is -0.989. The van der Waals surface area contributed by atoms with Crippen molar-refractivity contribution >= 4 is 5.97 Å². The second-order valence-corrected chi connectivity index (χ2v) is 4.73. The summed E-state index contributed by atoms with van der Waals surface area (Å²) < 4.78 is 0. The second kappa shape index (κ2) is 6.52. The first kappa shape index (κ1) is 14.7. The number of unbranched alkanes of at least 4 members (excludes halogenated alkanes) is 1. The summed E-state index contributed by atoms with van der Waals surface area (Å²) in [5.41, 5.74) is 5.39. The summed E-state index contributed by atoms with van der Waals surface area (Å²) in [6, 6.07) is 9.01. The summed E-state index contributed by atoms with van der Waals surface area (Å²) in [6.45, 7) is 3.28. The summed E-state index contributed by atoms with van der Waals surface area (Å²) in [6.07, 6.45) is 2.13. The van der Waals surface area contributed by atoms with Crippen molar-refractivity contribution in [1.82, 2.24) is 4.90 Å². The molecule has 1 unspecified atom stereocenters. The molecule has 100 valence electrons. The van der Waals surface area contributed by atoms with Gasteiger partial charge in [0.15, 0.2) is 5.54 Å². The SMILES string of the molecule is CCCCN(C)CC(N)(C(=O)O)c1ccccc1. The lowest BCUT2D eigenvalue weighted by Crippen LogP contribution is -2.52. The highest BCUT2D eigenvalue weighted by atomic mass is 16.4. The molecule has 0 heterocycles. The number of carboxylic acids is 1. The van der Waals surface area contributed by atoms with Crippen LogP contribution in [0.4, 0.5) is 0 Å². The van der Waals surface area contributed by atoms with Gasteiger partial charge in [0.05, 0.1) is 0 Å². The Morgan fingerprint density at radius 2 is 2.00 bits per heavy atom. The van der Waals surface area contributed by atoms with Crippen LogP contribution in [0.2, 0.25) is 0 Å². The molecular formula is C14H22N2O2. The lowest BCUT2D eigenvalue weighted by atomic mass is 9.90. The molecule has 0 aromatic heterocycles. The quantitative estimate of drug-likeness (QED) is 0.772. The van der Waals surface area contributed by atoms with E-state index in [1.807, 2.05) is 30.1 Å². The van der Waals surface area contributed by atoms with Crippen molar-refractivity contribution in [3.05, 3.63) is 35.9 Å². The Hall–Kier alpha value is -1.39. The molecule has 0 amide bonds. The van der Waals surface area contributed by atoms with E-state index in [0.29, 0.717) is 12.1 Å². The van der Waals surface area contributed by atoms with E-state index in [1.54, 1.807) is 12.1 Å². The summed E-state index contributed by atoms with van der Waals surface area (Å²) in [5, 5.41) is 9.41. The van der Waals surface area contributed by atoms with Gasteiger partial charge in [-0.05, 0) is 25.6 Å². The van der Waals surface area contributed by atoms with Crippen LogP contribution in [-0.4, -0.2) is 36.1 Å². The van der Waals surface area contributed by atoms with E-state index in [-0.39, 0.29) is 0 Å². The van der Waals surface area contributed by atoms with Crippen LogP contribution in [0.25, 0.3) is 0 Å². The van der Waals surface area contributed by atoms with Crippen LogP contribution in [0.15, 0.2) is 30.3 Å². The highest BCUT2D eigenvalue weighted by molar-refractivity contribution is 5.80. The van der Waals surface area contributed by atoms with Crippen LogP contribution in [0.3, 0.4) is 0 Å². The number of hydrogen-bond donors (Lipinski definition) is 2. The van der Waals surface area contributed by atoms with Crippen molar-refractivity contribution in [3.63, 3.8) is 0 Å². The van der Waals surface area contributed by atoms with E-state index in [1.165, 1.54) is 0 Å². The highest BCUT2D eigenvalue weighted by Gasteiger charge is 2.36. The molecule has 18 heavy (non-hydrogen) atoms. The molecule has 1 rings (SSSR count). The molecule has 1 aromatic carbocycles. The third-order valence-corrected chi connectivity index (χ3v) is 3.08. The third-order valence-electron chi connectivity index (χ3n) is 3.08. The van der Waals surface area contributed by atoms with E-state index >= 15 is 0 Å². The molecule has 0 radical (unpaired) electrons. The largest absolute Gasteiger partial charge is 0.480 e. The van der Waals surface area contributed by atoms with Gasteiger partial charge in [0.2, 0.25) is 0 Å². The maximum absolute atomic E-state index is 11.5. The van der Waals surface area contributed by atoms with Crippen molar-refractivity contribution in [2.45, 2.75) is 25.3 Å². The topological polar surface area (TPSA) is 66.6 Å². The Balaban J connectivity index is 2.85. The summed E-state index contributed by atoms with van der Waals surface area (Å²) in [7, 11) is 1.91. The fourth-order valence-electron chi connectivity index (χ4n) is 1.95. The molecule has 1 atom stereocenters. The van der Waals surface area contributed by atoms with Gasteiger partial charge in [-0.2, -0.15) is 0 Å². The van der Waals surface area contributed by atoms with E-state index < -0.39 is 11.5 Å². The van der Waals surface area contributed by atoms with Crippen molar-refractivity contribution in [1.29, 1.82) is 0 Å². The van der Waals surface area contributed by atoms with Crippen LogP contribution >= 0.6 is 0 Å². The zero-order valence-electron chi connectivity index (χ0n) is 11.1. The van der Waals surface area contributed by atoms with Crippen LogP contribution in [0.5, 0.6) is 0 Å². The van der Waals surface area contributed by atoms with Crippen LogP contribution in [0, 0.1) is 0 Å². The molecule has 0 aliphatic carbocycles. The summed E-state index contributed by atoms with van der Waals surface area (Å²) >= 11 is 0. The maximum Gasteiger partial charge on any atom is 0.329 e. The van der Waals surface area contributed by atoms with Gasteiger partial charge in [-0.3, -0.25) is 0 Å². The molecule has 4 nitrogen and oxygen atoms in total. The lowest BCUT2D eigenvalue weighted by Gasteiger charge is -2.30. The molecule has 0 fully saturated rings. The normalized spacial score (nSPS) is 14.4. The number of rotatable bonds is 7. The smallest absolute Gasteiger partial charge is 0.329 e. The second-order valence-electron chi connectivity index (χ2n) is 4.73. The van der Waals surface area contributed by atoms with Gasteiger partial charge in [0.25, 0.3) is 0 Å². The van der Waals surface area contributed by atoms with Gasteiger partial charge in [-0.15, -0.1) is 0 Å². The minimum Gasteiger partial charge on any atom is -0.480 e. The van der Waals surface area contributed by atoms with Gasteiger partial charge in [0, 0.05) is 6.54 Å². The van der Waals surface area contributed by atoms with Gasteiger partial charge in [-0.1, -0.05) is 43.7 Å². The molecule has 4 heteroatoms. The molecule has 0 aliphatic rings. The molecule has 0 saturated heterocycles. The number of nitrogens with two attached hydrogens (primary N) is 1. The van der Waals surface area contributed by atoms with Crippen molar-refractivity contribution in [3.8, 4) is 0 Å². The number of benzene rings is 1. The van der Waals surface area contributed by atoms with E-state index in [0.717, 1.165) is 19.4 Å². The zero-order valence-corrected chi connectivity index (χ0v) is 11.1. The van der Waals surface area contributed by atoms with Crippen molar-refractivity contribution < 1.29 is 9.90 Å². The zero-order chi connectivity index (χ0) is 13.6. The molecular weight excluding hydrogens is 228 g/mol. The Bertz CT molecular complexity index is 381. The number of aliphatic carboxylic acids is 1. The predicted molar refractivity (Wildman–Crippen MR) is 72.3 cm³/mol. The van der Waals surface area contributed by atoms with Crippen LogP contribution in [-0.2, 0) is 10.3 Å². The average Bonchev–Trinajstić information content (AvgIpc) is 2.37. The third kappa shape index (κ3) is 3.55. The van der Waals surface area contributed by atoms with E-state index in [2.05, 4.69) is 6.92 Å². The Morgan fingerprint density at radius 3 is 2.50 bits per heavy atom. The van der Waals surface area contributed by atoms with Gasteiger partial charge in [0.1, 0.15) is 0 Å². The molecule has 3 N–H and O–H groups in total. The first-order valence-corrected chi connectivity index (χ1v) is 6.27. The fourth-order valence-corrected chi connectivity index (χ4v) is 1.95. The van der Waals surface area contributed by atoms with Gasteiger partial charge >= 0.3 is 5.97 Å². The lowest BCUT2D eigenvalue weighted by molar-refractivity contribution is -0.144. The van der Waals surface area contributed by atoms with Crippen LogP contribution in [0.1, 0.15) is 25.3 Å². The standard InChI is InChI=1S/C14H22N2O2/c1-3-4-10-16(2)11-14(15,13(17)18)12-8-6-5-7-9-12/h5-9H,3-4,10-11,15H2,1-2H3,(H,17,18). The Morgan fingerprint density at radius 1 is 1.39 bits per heavy atom. The molecule has 1 aromatic rings. The fraction of sp³-hybridized carbons (Fsp3) is 0.500. The number of hydrogen-bond acceptors (Lipinski definition) is 3. The number of nitrogens with zero attached hydrogens (tertiary/aromatic N) is 1. The van der Waals surface area contributed by atoms with E-state index in [4.69, 9.17) is 5.73 Å². The van der Waals surface area contributed by atoms with Gasteiger partial charge in [-0.25, -0.2) is 4.79 Å². The maximum atomic E-state index is 11.5. The minimum absolute atomic E-state index is 0.312. The number of carbonyl (C=O) groups is 1. The van der Waals surface area contributed by atoms with Gasteiger partial charge < -0.3 is 15.7 Å². The minimum atomic E-state index is -1.34. The first-order chi connectivity index (χ1) is 8.50. The highest BCUT2D eigenvalue weighted by Crippen LogP contribution is 2.19. The number of likely N-dealkylation sites (N-methyl/N-ethyl adjacent to an activating group) is 1. The molecule has 0 spiro atoms. The average molecular weight is 250 g/mol. The first-order valence-electron chi connectivity index (χ1n) is 6.27. The Kier molecular flexibility index (Phi) is 5.31. The monoisotopic (exact) mass is 250 g/mol. The van der Waals surface area contributed by atoms with Crippen molar-refractivity contribution in [2.24, 2.45) is 5.73 Å². The number of carboxylic acid groups (broad SMARTS) is 1.